The molecule has 1 atom stereocenters. The molecular weight excluding hydrogens is 260 g/mol. The quantitative estimate of drug-likeness (QED) is 0.526. The Kier molecular flexibility index (Phi) is 12.4. The van der Waals surface area contributed by atoms with Crippen molar-refractivity contribution >= 4 is 5.97 Å². The van der Waals surface area contributed by atoms with Gasteiger partial charge in [-0.15, -0.1) is 0 Å². The minimum Gasteiger partial charge on any atom is -0.550 e. The molecule has 0 aromatic carbocycles. The molecule has 0 rings (SSSR count). The van der Waals surface area contributed by atoms with Crippen LogP contribution in [0.1, 0.15) is 52.4 Å². The molecule has 0 bridgehead atoms. The van der Waals surface area contributed by atoms with Crippen molar-refractivity contribution in [2.45, 2.75) is 52.4 Å². The zero-order valence-electron chi connectivity index (χ0n) is 8.44. The van der Waals surface area contributed by atoms with E-state index < -0.39 is 5.97 Å². The molecule has 3 heteroatoms. The van der Waals surface area contributed by atoms with Crippen LogP contribution in [0.25, 0.3) is 0 Å². The van der Waals surface area contributed by atoms with E-state index in [9.17, 15) is 9.90 Å². The minimum absolute atomic E-state index is 0. The fourth-order valence-corrected chi connectivity index (χ4v) is 1.17. The van der Waals surface area contributed by atoms with E-state index in [1.54, 1.807) is 6.92 Å². The maximum atomic E-state index is 10.3. The summed E-state index contributed by atoms with van der Waals surface area (Å²) in [5, 5.41) is 10.3. The Morgan fingerprint density at radius 3 is 2.23 bits per heavy atom. The average molecular weight is 279 g/mol. The van der Waals surface area contributed by atoms with Gasteiger partial charge in [0.1, 0.15) is 0 Å². The number of carboxylic acid groups (broad SMARTS) is 1. The summed E-state index contributed by atoms with van der Waals surface area (Å²) in [6, 6.07) is 0. The average Bonchev–Trinajstić information content (AvgIpc) is 2.03. The number of carboxylic acids is 1. The molecule has 0 amide bonds. The van der Waals surface area contributed by atoms with E-state index in [1.807, 2.05) is 0 Å². The predicted molar refractivity (Wildman–Crippen MR) is 47.5 cm³/mol. The Balaban J connectivity index is 0. The van der Waals surface area contributed by atoms with Crippen LogP contribution >= 0.6 is 0 Å². The molecule has 0 radical (unpaired) electrons. The van der Waals surface area contributed by atoms with E-state index in [1.165, 1.54) is 19.3 Å². The van der Waals surface area contributed by atoms with Crippen molar-refractivity contribution in [3.05, 3.63) is 0 Å². The molecule has 0 aliphatic carbocycles. The first-order valence-corrected chi connectivity index (χ1v) is 4.89. The van der Waals surface area contributed by atoms with E-state index in [2.05, 4.69) is 6.92 Å². The molecule has 0 heterocycles. The summed E-state index contributed by atoms with van der Waals surface area (Å²) in [6.45, 7) is 3.89. The van der Waals surface area contributed by atoms with Gasteiger partial charge in [0.25, 0.3) is 0 Å². The van der Waals surface area contributed by atoms with Crippen molar-refractivity contribution in [2.75, 3.05) is 0 Å². The molecule has 0 aliphatic heterocycles. The Morgan fingerprint density at radius 2 is 1.77 bits per heavy atom. The van der Waals surface area contributed by atoms with Gasteiger partial charge in [-0.2, -0.15) is 0 Å². The molecule has 0 fully saturated rings. The van der Waals surface area contributed by atoms with Gasteiger partial charge < -0.3 is 9.90 Å². The standard InChI is InChI=1S/C10H20O2.Ag/c1-3-4-5-6-7-8-9(2)10(11)12;/h9H,3-8H2,1-2H3,(H,11,12);/q;+1/p-1. The Labute approximate surface area is 96.6 Å². The molecule has 1 unspecified atom stereocenters. The van der Waals surface area contributed by atoms with Crippen LogP contribution < -0.4 is 5.11 Å². The zero-order chi connectivity index (χ0) is 9.40. The summed E-state index contributed by atoms with van der Waals surface area (Å²) in [6.07, 6.45) is 6.68. The molecule has 0 saturated heterocycles. The number of carbonyl (C=O) groups excluding carboxylic acids is 1. The first-order valence-electron chi connectivity index (χ1n) is 4.89. The number of rotatable bonds is 7. The molecule has 0 aromatic heterocycles. The number of carbonyl (C=O) groups is 1. The second-order valence-electron chi connectivity index (χ2n) is 3.42. The molecule has 0 saturated carbocycles. The predicted octanol–water partition coefficient (Wildman–Crippen LogP) is 1.73. The largest absolute Gasteiger partial charge is 1.00 e. The summed E-state index contributed by atoms with van der Waals surface area (Å²) in [5.41, 5.74) is 0. The normalized spacial score (nSPS) is 11.8. The molecule has 0 aliphatic rings. The smallest absolute Gasteiger partial charge is 0.550 e. The van der Waals surface area contributed by atoms with Gasteiger partial charge in [-0.1, -0.05) is 46.0 Å². The maximum absolute atomic E-state index is 10.3. The monoisotopic (exact) mass is 278 g/mol. The Hall–Kier alpha value is 0.210. The SMILES string of the molecule is CCCCCCCC(C)C(=O)[O-].[Ag+]. The third-order valence-electron chi connectivity index (χ3n) is 2.14. The molecule has 0 aromatic rings. The maximum Gasteiger partial charge on any atom is 1.00 e. The van der Waals surface area contributed by atoms with Crippen LogP contribution in [0.5, 0.6) is 0 Å². The third kappa shape index (κ3) is 10.1. The van der Waals surface area contributed by atoms with E-state index in [0.29, 0.717) is 0 Å². The summed E-state index contributed by atoms with van der Waals surface area (Å²) >= 11 is 0. The van der Waals surface area contributed by atoms with Crippen LogP contribution in [-0.4, -0.2) is 5.97 Å². The summed E-state index contributed by atoms with van der Waals surface area (Å²) < 4.78 is 0. The molecular formula is C10H19AgO2. The van der Waals surface area contributed by atoms with E-state index >= 15 is 0 Å². The summed E-state index contributed by atoms with van der Waals surface area (Å²) in [5.74, 6) is -1.18. The van der Waals surface area contributed by atoms with Crippen LogP contribution in [0.3, 0.4) is 0 Å². The Morgan fingerprint density at radius 1 is 1.23 bits per heavy atom. The second kappa shape index (κ2) is 10.3. The molecule has 0 spiro atoms. The van der Waals surface area contributed by atoms with Crippen molar-refractivity contribution in [2.24, 2.45) is 5.92 Å². The minimum atomic E-state index is -0.912. The fraction of sp³-hybridized carbons (Fsp3) is 0.900. The van der Waals surface area contributed by atoms with E-state index in [-0.39, 0.29) is 28.3 Å². The van der Waals surface area contributed by atoms with Crippen LogP contribution in [0.4, 0.5) is 0 Å². The van der Waals surface area contributed by atoms with Gasteiger partial charge in [-0.25, -0.2) is 0 Å². The van der Waals surface area contributed by atoms with Gasteiger partial charge >= 0.3 is 22.4 Å². The van der Waals surface area contributed by atoms with Crippen molar-refractivity contribution < 1.29 is 32.3 Å². The van der Waals surface area contributed by atoms with Gasteiger partial charge in [-0.3, -0.25) is 0 Å². The van der Waals surface area contributed by atoms with Crippen molar-refractivity contribution in [1.29, 1.82) is 0 Å². The number of hydrogen-bond donors (Lipinski definition) is 0. The number of hydrogen-bond acceptors (Lipinski definition) is 2. The van der Waals surface area contributed by atoms with E-state index in [4.69, 9.17) is 0 Å². The third-order valence-corrected chi connectivity index (χ3v) is 2.14. The summed E-state index contributed by atoms with van der Waals surface area (Å²) in [7, 11) is 0. The number of aliphatic carboxylic acids is 1. The van der Waals surface area contributed by atoms with Gasteiger partial charge in [-0.05, 0) is 12.3 Å². The molecule has 0 N–H and O–H groups in total. The van der Waals surface area contributed by atoms with E-state index in [0.717, 1.165) is 19.3 Å². The molecule has 2 nitrogen and oxygen atoms in total. The summed E-state index contributed by atoms with van der Waals surface area (Å²) in [4.78, 5) is 10.3. The van der Waals surface area contributed by atoms with Crippen LogP contribution in [0.15, 0.2) is 0 Å². The molecule has 82 valence electrons. The van der Waals surface area contributed by atoms with Gasteiger partial charge in [0, 0.05) is 5.97 Å². The van der Waals surface area contributed by atoms with Crippen molar-refractivity contribution in [3.63, 3.8) is 0 Å². The topological polar surface area (TPSA) is 40.1 Å². The van der Waals surface area contributed by atoms with Crippen LogP contribution in [0.2, 0.25) is 0 Å². The molecule has 13 heavy (non-hydrogen) atoms. The Bertz CT molecular complexity index is 126. The van der Waals surface area contributed by atoms with Crippen LogP contribution in [-0.2, 0) is 27.2 Å². The fourth-order valence-electron chi connectivity index (χ4n) is 1.17. The van der Waals surface area contributed by atoms with Crippen LogP contribution in [0, 0.1) is 5.92 Å². The second-order valence-corrected chi connectivity index (χ2v) is 3.42. The van der Waals surface area contributed by atoms with Crippen molar-refractivity contribution in [1.82, 2.24) is 0 Å². The first-order chi connectivity index (χ1) is 5.68. The number of unbranched alkanes of at least 4 members (excludes halogenated alkanes) is 4. The van der Waals surface area contributed by atoms with Gasteiger partial charge in [0.15, 0.2) is 0 Å². The van der Waals surface area contributed by atoms with Gasteiger partial charge in [0.2, 0.25) is 0 Å². The zero-order valence-corrected chi connectivity index (χ0v) is 9.92. The van der Waals surface area contributed by atoms with Gasteiger partial charge in [0.05, 0.1) is 0 Å². The van der Waals surface area contributed by atoms with Crippen molar-refractivity contribution in [3.8, 4) is 0 Å². The first kappa shape index (κ1) is 15.7.